The Kier molecular flexibility index (Phi) is 6.45. The molecule has 8 heteroatoms. The van der Waals surface area contributed by atoms with E-state index in [4.69, 9.17) is 5.73 Å². The van der Waals surface area contributed by atoms with Crippen LogP contribution in [-0.4, -0.2) is 22.8 Å². The molecular weight excluding hydrogens is 437 g/mol. The molecule has 7 nitrogen and oxygen atoms in total. The van der Waals surface area contributed by atoms with E-state index in [1.54, 1.807) is 6.07 Å². The van der Waals surface area contributed by atoms with Crippen molar-refractivity contribution < 1.29 is 14.5 Å². The molecule has 0 aromatic heterocycles. The quantitative estimate of drug-likeness (QED) is 0.379. The van der Waals surface area contributed by atoms with E-state index in [0.717, 1.165) is 9.13 Å². The lowest BCUT2D eigenvalue weighted by Crippen LogP contribution is -2.46. The van der Waals surface area contributed by atoms with E-state index in [1.165, 1.54) is 18.2 Å². The number of primary amides is 1. The highest BCUT2D eigenvalue weighted by molar-refractivity contribution is 14.1. The van der Waals surface area contributed by atoms with E-state index in [9.17, 15) is 19.7 Å². The minimum absolute atomic E-state index is 0.0716. The highest BCUT2D eigenvalue weighted by Gasteiger charge is 2.19. The number of benzene rings is 2. The van der Waals surface area contributed by atoms with Crippen molar-refractivity contribution in [1.29, 1.82) is 0 Å². The Morgan fingerprint density at radius 1 is 1.16 bits per heavy atom. The van der Waals surface area contributed by atoms with Gasteiger partial charge in [-0.3, -0.25) is 19.7 Å². The number of halogens is 1. The first-order chi connectivity index (χ1) is 11.8. The van der Waals surface area contributed by atoms with Crippen molar-refractivity contribution in [1.82, 2.24) is 5.32 Å². The first-order valence-corrected chi connectivity index (χ1v) is 8.49. The second-order valence-corrected chi connectivity index (χ2v) is 6.71. The molecule has 2 amide bonds. The minimum Gasteiger partial charge on any atom is -0.368 e. The summed E-state index contributed by atoms with van der Waals surface area (Å²) in [6.45, 7) is 0. The number of rotatable bonds is 7. The van der Waals surface area contributed by atoms with Crippen molar-refractivity contribution in [2.24, 2.45) is 5.73 Å². The number of nitrogens with zero attached hydrogens (tertiary/aromatic N) is 1. The van der Waals surface area contributed by atoms with Gasteiger partial charge in [0.1, 0.15) is 6.04 Å². The van der Waals surface area contributed by atoms with Gasteiger partial charge in [0, 0.05) is 22.1 Å². The minimum atomic E-state index is -0.843. The molecule has 0 saturated carbocycles. The van der Waals surface area contributed by atoms with Crippen molar-refractivity contribution >= 4 is 40.1 Å². The number of carbonyl (C=O) groups is 2. The van der Waals surface area contributed by atoms with E-state index in [2.05, 4.69) is 27.9 Å². The maximum atomic E-state index is 12.2. The molecule has 2 aromatic rings. The smallest absolute Gasteiger partial charge is 0.269 e. The molecule has 0 bridgehead atoms. The third kappa shape index (κ3) is 5.82. The molecule has 0 fully saturated rings. The number of nitrogens with one attached hydrogen (secondary N) is 1. The van der Waals surface area contributed by atoms with Gasteiger partial charge in [-0.2, -0.15) is 0 Å². The van der Waals surface area contributed by atoms with Crippen molar-refractivity contribution in [3.8, 4) is 0 Å². The number of amides is 2. The molecule has 25 heavy (non-hydrogen) atoms. The summed E-state index contributed by atoms with van der Waals surface area (Å²) in [6, 6.07) is 12.5. The third-order valence-corrected chi connectivity index (χ3v) is 4.16. The Morgan fingerprint density at radius 2 is 1.84 bits per heavy atom. The average Bonchev–Trinajstić information content (AvgIpc) is 2.54. The van der Waals surface area contributed by atoms with Crippen LogP contribution in [0.1, 0.15) is 11.1 Å². The van der Waals surface area contributed by atoms with Crippen LogP contribution in [0.25, 0.3) is 0 Å². The average molecular weight is 453 g/mol. The molecule has 2 aromatic carbocycles. The number of nitro benzene ring substituents is 1. The van der Waals surface area contributed by atoms with Gasteiger partial charge in [-0.05, 0) is 45.9 Å². The van der Waals surface area contributed by atoms with Gasteiger partial charge in [-0.15, -0.1) is 0 Å². The van der Waals surface area contributed by atoms with E-state index in [-0.39, 0.29) is 18.5 Å². The van der Waals surface area contributed by atoms with E-state index in [1.807, 2.05) is 24.3 Å². The third-order valence-electron chi connectivity index (χ3n) is 3.49. The van der Waals surface area contributed by atoms with Gasteiger partial charge in [0.15, 0.2) is 0 Å². The number of hydrogen-bond acceptors (Lipinski definition) is 4. The fourth-order valence-electron chi connectivity index (χ4n) is 2.33. The van der Waals surface area contributed by atoms with Gasteiger partial charge in [0.05, 0.1) is 11.3 Å². The fourth-order valence-corrected chi connectivity index (χ4v) is 2.94. The molecule has 0 saturated heterocycles. The molecular formula is C17H16IN3O4. The van der Waals surface area contributed by atoms with Crippen LogP contribution in [0.2, 0.25) is 0 Å². The molecule has 2 rings (SSSR count). The zero-order valence-electron chi connectivity index (χ0n) is 13.1. The molecule has 0 aliphatic carbocycles. The lowest BCUT2D eigenvalue weighted by molar-refractivity contribution is -0.384. The number of hydrogen-bond donors (Lipinski definition) is 2. The van der Waals surface area contributed by atoms with Gasteiger partial charge in [0.25, 0.3) is 5.69 Å². The standard InChI is InChI=1S/C17H16IN3O4/c18-13-5-1-3-11(7-13)9-15(17(19)23)20-16(22)10-12-4-2-6-14(8-12)21(24)25/h1-8,15H,9-10H2,(H2,19,23)(H,20,22)/t15-/m0/s1. The molecule has 0 heterocycles. The second-order valence-electron chi connectivity index (χ2n) is 5.46. The van der Waals surface area contributed by atoms with Crippen LogP contribution in [0.4, 0.5) is 5.69 Å². The summed E-state index contributed by atoms with van der Waals surface area (Å²) in [5.41, 5.74) is 6.67. The zero-order valence-corrected chi connectivity index (χ0v) is 15.3. The van der Waals surface area contributed by atoms with Crippen molar-refractivity contribution in [2.45, 2.75) is 18.9 Å². The second kappa shape index (κ2) is 8.56. The number of carbonyl (C=O) groups excluding carboxylic acids is 2. The molecule has 0 radical (unpaired) electrons. The molecule has 3 N–H and O–H groups in total. The van der Waals surface area contributed by atoms with Crippen LogP contribution < -0.4 is 11.1 Å². The summed E-state index contributed by atoms with van der Waals surface area (Å²) >= 11 is 2.16. The predicted molar refractivity (Wildman–Crippen MR) is 101 cm³/mol. The van der Waals surface area contributed by atoms with Crippen LogP contribution in [0.15, 0.2) is 48.5 Å². The van der Waals surface area contributed by atoms with E-state index >= 15 is 0 Å². The van der Waals surface area contributed by atoms with Crippen LogP contribution in [-0.2, 0) is 22.4 Å². The SMILES string of the molecule is NC(=O)[C@H](Cc1cccc(I)c1)NC(=O)Cc1cccc([N+](=O)[O-])c1. The maximum Gasteiger partial charge on any atom is 0.269 e. The van der Waals surface area contributed by atoms with Gasteiger partial charge < -0.3 is 11.1 Å². The Balaban J connectivity index is 2.04. The number of nitro groups is 1. The molecule has 130 valence electrons. The monoisotopic (exact) mass is 453 g/mol. The van der Waals surface area contributed by atoms with Crippen LogP contribution in [0.3, 0.4) is 0 Å². The zero-order chi connectivity index (χ0) is 18.4. The molecule has 0 aliphatic rings. The first kappa shape index (κ1) is 18.8. The Bertz CT molecular complexity index is 810. The molecule has 0 spiro atoms. The van der Waals surface area contributed by atoms with Crippen LogP contribution in [0.5, 0.6) is 0 Å². The van der Waals surface area contributed by atoms with Crippen molar-refractivity contribution in [3.63, 3.8) is 0 Å². The Labute approximate surface area is 157 Å². The van der Waals surface area contributed by atoms with E-state index < -0.39 is 22.8 Å². The van der Waals surface area contributed by atoms with E-state index in [0.29, 0.717) is 5.56 Å². The van der Waals surface area contributed by atoms with Crippen LogP contribution >= 0.6 is 22.6 Å². The number of non-ortho nitro benzene ring substituents is 1. The van der Waals surface area contributed by atoms with Crippen molar-refractivity contribution in [2.75, 3.05) is 0 Å². The normalized spacial score (nSPS) is 11.6. The summed E-state index contributed by atoms with van der Waals surface area (Å²) in [5, 5.41) is 13.4. The van der Waals surface area contributed by atoms with Crippen LogP contribution in [0, 0.1) is 13.7 Å². The molecule has 0 aliphatic heterocycles. The summed E-state index contributed by atoms with van der Waals surface area (Å²) in [5.74, 6) is -1.05. The van der Waals surface area contributed by atoms with Gasteiger partial charge >= 0.3 is 0 Å². The molecule has 0 unspecified atom stereocenters. The topological polar surface area (TPSA) is 115 Å². The Morgan fingerprint density at radius 3 is 2.48 bits per heavy atom. The Hall–Kier alpha value is -2.49. The summed E-state index contributed by atoms with van der Waals surface area (Å²) in [4.78, 5) is 34.1. The largest absolute Gasteiger partial charge is 0.368 e. The summed E-state index contributed by atoms with van der Waals surface area (Å²) < 4.78 is 1.02. The highest BCUT2D eigenvalue weighted by atomic mass is 127. The molecule has 1 atom stereocenters. The predicted octanol–water partition coefficient (Wildman–Crippen LogP) is 1.95. The van der Waals surface area contributed by atoms with Gasteiger partial charge in [-0.1, -0.05) is 24.3 Å². The lowest BCUT2D eigenvalue weighted by atomic mass is 10.0. The highest BCUT2D eigenvalue weighted by Crippen LogP contribution is 2.14. The first-order valence-electron chi connectivity index (χ1n) is 7.41. The van der Waals surface area contributed by atoms with Crippen molar-refractivity contribution in [3.05, 3.63) is 73.3 Å². The lowest BCUT2D eigenvalue weighted by Gasteiger charge is -2.16. The van der Waals surface area contributed by atoms with Gasteiger partial charge in [-0.25, -0.2) is 0 Å². The fraction of sp³-hybridized carbons (Fsp3) is 0.176. The van der Waals surface area contributed by atoms with Gasteiger partial charge in [0.2, 0.25) is 11.8 Å². The number of nitrogens with two attached hydrogens (primary N) is 1. The summed E-state index contributed by atoms with van der Waals surface area (Å²) in [6.07, 6.45) is 0.213. The summed E-state index contributed by atoms with van der Waals surface area (Å²) in [7, 11) is 0. The maximum absolute atomic E-state index is 12.2.